The van der Waals surface area contributed by atoms with Crippen LogP contribution < -0.4 is 0 Å². The van der Waals surface area contributed by atoms with Gasteiger partial charge in [0.05, 0.1) is 18.1 Å². The monoisotopic (exact) mass is 401 g/mol. The number of carbonyl (C=O) groups excluding carboxylic acids is 2. The number of nitrogens with zero attached hydrogens (tertiary/aromatic N) is 1. The van der Waals surface area contributed by atoms with Crippen LogP contribution in [0.2, 0.25) is 0 Å². The van der Waals surface area contributed by atoms with Crippen molar-refractivity contribution in [3.8, 4) is 0 Å². The maximum atomic E-state index is 12.7. The standard InChI is InChI=1S/C21H23NO5S/c23-17-11-14-3-1-2-4-16(14)20-19(18(17)24)27-15(13-28-20)12-22-7-5-21(6-8-22)25-9-10-26-21/h1-4,15H,5-13H2. The molecule has 1 aromatic rings. The molecule has 1 aromatic carbocycles. The molecule has 3 heterocycles. The summed E-state index contributed by atoms with van der Waals surface area (Å²) in [5, 5.41) is 0. The number of fused-ring (bicyclic) bond motifs is 2. The minimum atomic E-state index is -0.492. The van der Waals surface area contributed by atoms with Crippen LogP contribution in [0.4, 0.5) is 0 Å². The zero-order chi connectivity index (χ0) is 19.1. The van der Waals surface area contributed by atoms with E-state index in [1.54, 1.807) is 11.8 Å². The van der Waals surface area contributed by atoms with E-state index in [1.807, 2.05) is 24.3 Å². The SMILES string of the molecule is O=C1Cc2ccccc2C2=C(OC(CN3CCC4(CC3)OCCO4)CS2)C1=O. The second-order valence-corrected chi connectivity index (χ2v) is 8.73. The van der Waals surface area contributed by atoms with Crippen LogP contribution in [0.25, 0.3) is 4.91 Å². The fourth-order valence-corrected chi connectivity index (χ4v) is 5.52. The number of ether oxygens (including phenoxy) is 3. The fourth-order valence-electron chi connectivity index (χ4n) is 4.37. The maximum absolute atomic E-state index is 12.7. The third-order valence-electron chi connectivity index (χ3n) is 5.87. The number of thioether (sulfide) groups is 1. The van der Waals surface area contributed by atoms with Crippen LogP contribution in [-0.4, -0.2) is 67.0 Å². The van der Waals surface area contributed by atoms with Gasteiger partial charge in [0.2, 0.25) is 5.78 Å². The summed E-state index contributed by atoms with van der Waals surface area (Å²) in [6.45, 7) is 3.86. The molecule has 7 heteroatoms. The molecule has 0 N–H and O–H groups in total. The Hall–Kier alpha value is -1.67. The van der Waals surface area contributed by atoms with E-state index >= 15 is 0 Å². The van der Waals surface area contributed by atoms with Crippen LogP contribution in [-0.2, 0) is 30.2 Å². The van der Waals surface area contributed by atoms with Crippen molar-refractivity contribution in [2.45, 2.75) is 31.2 Å². The molecule has 0 radical (unpaired) electrons. The summed E-state index contributed by atoms with van der Waals surface area (Å²) in [4.78, 5) is 28.2. The Bertz CT molecular complexity index is 835. The highest BCUT2D eigenvalue weighted by atomic mass is 32.2. The zero-order valence-corrected chi connectivity index (χ0v) is 16.5. The molecule has 2 fully saturated rings. The summed E-state index contributed by atoms with van der Waals surface area (Å²) in [6.07, 6.45) is 1.74. The van der Waals surface area contributed by atoms with Crippen molar-refractivity contribution in [3.05, 3.63) is 41.2 Å². The molecule has 0 bridgehead atoms. The Morgan fingerprint density at radius 1 is 1.11 bits per heavy atom. The molecule has 3 aliphatic heterocycles. The number of rotatable bonds is 2. The molecular weight excluding hydrogens is 378 g/mol. The highest BCUT2D eigenvalue weighted by Crippen LogP contribution is 2.41. The van der Waals surface area contributed by atoms with Gasteiger partial charge in [-0.15, -0.1) is 11.8 Å². The van der Waals surface area contributed by atoms with Crippen molar-refractivity contribution < 1.29 is 23.8 Å². The minimum absolute atomic E-state index is 0.106. The van der Waals surface area contributed by atoms with Gasteiger partial charge in [0.25, 0.3) is 5.78 Å². The predicted octanol–water partition coefficient (Wildman–Crippen LogP) is 2.02. The molecule has 6 nitrogen and oxygen atoms in total. The number of likely N-dealkylation sites (tertiary alicyclic amines) is 1. The highest BCUT2D eigenvalue weighted by Gasteiger charge is 2.41. The van der Waals surface area contributed by atoms with Gasteiger partial charge in [-0.1, -0.05) is 24.3 Å². The van der Waals surface area contributed by atoms with Crippen molar-refractivity contribution in [1.82, 2.24) is 4.90 Å². The first-order valence-corrected chi connectivity index (χ1v) is 10.8. The zero-order valence-electron chi connectivity index (χ0n) is 15.6. The minimum Gasteiger partial charge on any atom is -0.483 e. The van der Waals surface area contributed by atoms with E-state index < -0.39 is 11.6 Å². The molecule has 1 aliphatic carbocycles. The van der Waals surface area contributed by atoms with Gasteiger partial charge in [0.15, 0.2) is 11.5 Å². The van der Waals surface area contributed by atoms with E-state index in [0.717, 1.165) is 54.3 Å². The molecule has 1 atom stereocenters. The Balaban J connectivity index is 1.30. The summed E-state index contributed by atoms with van der Waals surface area (Å²) < 4.78 is 17.7. The second kappa shape index (κ2) is 7.30. The van der Waals surface area contributed by atoms with E-state index in [9.17, 15) is 9.59 Å². The van der Waals surface area contributed by atoms with Gasteiger partial charge in [-0.2, -0.15) is 0 Å². The number of allylic oxidation sites excluding steroid dienone is 1. The summed E-state index contributed by atoms with van der Waals surface area (Å²) in [5.74, 6) is -0.263. The van der Waals surface area contributed by atoms with Crippen LogP contribution in [0.5, 0.6) is 0 Å². The quantitative estimate of drug-likeness (QED) is 0.703. The number of benzene rings is 1. The van der Waals surface area contributed by atoms with Crippen molar-refractivity contribution >= 4 is 28.2 Å². The lowest BCUT2D eigenvalue weighted by Gasteiger charge is -2.39. The first-order chi connectivity index (χ1) is 13.6. The Morgan fingerprint density at radius 3 is 2.64 bits per heavy atom. The van der Waals surface area contributed by atoms with E-state index in [4.69, 9.17) is 14.2 Å². The lowest BCUT2D eigenvalue weighted by molar-refractivity contribution is -0.186. The number of hydrogen-bond donors (Lipinski definition) is 0. The van der Waals surface area contributed by atoms with Gasteiger partial charge < -0.3 is 14.2 Å². The van der Waals surface area contributed by atoms with Gasteiger partial charge in [-0.3, -0.25) is 14.5 Å². The Kier molecular flexibility index (Phi) is 4.79. The van der Waals surface area contributed by atoms with E-state index in [0.29, 0.717) is 13.2 Å². The molecule has 0 amide bonds. The molecule has 148 valence electrons. The number of hydrogen-bond acceptors (Lipinski definition) is 7. The van der Waals surface area contributed by atoms with Gasteiger partial charge in [0, 0.05) is 44.6 Å². The van der Waals surface area contributed by atoms with Crippen molar-refractivity contribution in [3.63, 3.8) is 0 Å². The van der Waals surface area contributed by atoms with Crippen LogP contribution >= 0.6 is 11.8 Å². The van der Waals surface area contributed by atoms with E-state index in [1.165, 1.54) is 0 Å². The van der Waals surface area contributed by atoms with Gasteiger partial charge >= 0.3 is 0 Å². The molecular formula is C21H23NO5S. The van der Waals surface area contributed by atoms with Crippen LogP contribution in [0.3, 0.4) is 0 Å². The highest BCUT2D eigenvalue weighted by molar-refractivity contribution is 8.08. The molecule has 5 rings (SSSR count). The molecule has 2 saturated heterocycles. The third-order valence-corrected chi connectivity index (χ3v) is 7.10. The molecule has 1 unspecified atom stereocenters. The molecule has 0 saturated carbocycles. The van der Waals surface area contributed by atoms with Crippen molar-refractivity contribution in [1.29, 1.82) is 0 Å². The smallest absolute Gasteiger partial charge is 0.264 e. The Labute approximate surface area is 168 Å². The fraction of sp³-hybridized carbons (Fsp3) is 0.524. The topological polar surface area (TPSA) is 65.1 Å². The number of ketones is 2. The summed E-state index contributed by atoms with van der Waals surface area (Å²) >= 11 is 1.63. The maximum Gasteiger partial charge on any atom is 0.264 e. The van der Waals surface area contributed by atoms with Crippen molar-refractivity contribution in [2.24, 2.45) is 0 Å². The molecule has 0 aromatic heterocycles. The lowest BCUT2D eigenvalue weighted by Crippen LogP contribution is -2.48. The van der Waals surface area contributed by atoms with Gasteiger partial charge in [-0.25, -0.2) is 0 Å². The largest absolute Gasteiger partial charge is 0.483 e. The summed E-state index contributed by atoms with van der Waals surface area (Å²) in [5.41, 5.74) is 1.86. The van der Waals surface area contributed by atoms with Gasteiger partial charge in [-0.05, 0) is 11.1 Å². The third kappa shape index (κ3) is 3.30. The Morgan fingerprint density at radius 2 is 1.86 bits per heavy atom. The number of piperidine rings is 1. The second-order valence-electron chi connectivity index (χ2n) is 7.70. The lowest BCUT2D eigenvalue weighted by atomic mass is 10.0. The average molecular weight is 401 g/mol. The van der Waals surface area contributed by atoms with Crippen molar-refractivity contribution in [2.75, 3.05) is 38.6 Å². The van der Waals surface area contributed by atoms with Crippen LogP contribution in [0.1, 0.15) is 24.0 Å². The predicted molar refractivity (Wildman–Crippen MR) is 105 cm³/mol. The molecule has 4 aliphatic rings. The summed E-state index contributed by atoms with van der Waals surface area (Å²) in [7, 11) is 0. The van der Waals surface area contributed by atoms with E-state index in [2.05, 4.69) is 4.90 Å². The first kappa shape index (κ1) is 18.4. The average Bonchev–Trinajstić information content (AvgIpc) is 3.14. The molecule has 1 spiro atoms. The summed E-state index contributed by atoms with van der Waals surface area (Å²) in [6, 6.07) is 7.73. The first-order valence-electron chi connectivity index (χ1n) is 9.83. The normalized spacial score (nSPS) is 27.4. The number of Topliss-reactive ketones (excluding diaryl/α,β-unsaturated/α-hetero) is 2. The van der Waals surface area contributed by atoms with E-state index in [-0.39, 0.29) is 24.1 Å². The van der Waals surface area contributed by atoms with Crippen LogP contribution in [0, 0.1) is 0 Å². The van der Waals surface area contributed by atoms with Gasteiger partial charge in [0.1, 0.15) is 6.10 Å². The van der Waals surface area contributed by atoms with Crippen LogP contribution in [0.15, 0.2) is 30.0 Å². The number of carbonyl (C=O) groups is 2. The molecule has 28 heavy (non-hydrogen) atoms.